The fourth-order valence-electron chi connectivity index (χ4n) is 2.54. The number of hydrogen-bond donors (Lipinski definition) is 1. The molecule has 0 amide bonds. The van der Waals surface area contributed by atoms with Crippen LogP contribution in [-0.2, 0) is 14.2 Å². The summed E-state index contributed by atoms with van der Waals surface area (Å²) in [7, 11) is 2.43. The monoisotopic (exact) mass is 354 g/mol. The molecule has 0 saturated carbocycles. The summed E-state index contributed by atoms with van der Waals surface area (Å²) in [6.45, 7) is 0. The zero-order valence-corrected chi connectivity index (χ0v) is 13.9. The summed E-state index contributed by atoms with van der Waals surface area (Å²) in [6, 6.07) is 8.84. The molecule has 7 nitrogen and oxygen atoms in total. The molecule has 0 spiro atoms. The van der Waals surface area contributed by atoms with E-state index in [1.54, 1.807) is 12.1 Å². The van der Waals surface area contributed by atoms with Crippen LogP contribution < -0.4 is 0 Å². The SMILES string of the molecule is COC(=O)OC1=Cc2cc(C(=O)c3cccc(C(=O)OC)c3)c(O)cc21. The van der Waals surface area contributed by atoms with Gasteiger partial charge in [0.2, 0.25) is 0 Å². The highest BCUT2D eigenvalue weighted by Crippen LogP contribution is 2.38. The molecule has 0 atom stereocenters. The second kappa shape index (κ2) is 6.72. The number of methoxy groups -OCH3 is 2. The van der Waals surface area contributed by atoms with Crippen LogP contribution in [0.15, 0.2) is 36.4 Å². The van der Waals surface area contributed by atoms with Gasteiger partial charge < -0.3 is 19.3 Å². The molecule has 7 heteroatoms. The van der Waals surface area contributed by atoms with Gasteiger partial charge in [-0.1, -0.05) is 12.1 Å². The average Bonchev–Trinajstić information content (AvgIpc) is 2.66. The number of carbonyl (C=O) groups is 3. The fourth-order valence-corrected chi connectivity index (χ4v) is 2.54. The van der Waals surface area contributed by atoms with E-state index in [2.05, 4.69) is 9.47 Å². The topological polar surface area (TPSA) is 99.1 Å². The minimum absolute atomic E-state index is 0.0686. The summed E-state index contributed by atoms with van der Waals surface area (Å²) < 4.78 is 14.0. The number of hydrogen-bond acceptors (Lipinski definition) is 7. The number of phenols is 1. The van der Waals surface area contributed by atoms with E-state index in [1.165, 1.54) is 44.6 Å². The minimum Gasteiger partial charge on any atom is -0.507 e. The molecule has 0 bridgehead atoms. The maximum atomic E-state index is 12.7. The lowest BCUT2D eigenvalue weighted by Crippen LogP contribution is -2.11. The number of rotatable bonds is 4. The lowest BCUT2D eigenvalue weighted by Gasteiger charge is -2.20. The third-order valence-corrected chi connectivity index (χ3v) is 3.87. The normalized spacial score (nSPS) is 11.5. The van der Waals surface area contributed by atoms with Crippen LogP contribution in [0.1, 0.15) is 37.4 Å². The molecule has 2 aromatic carbocycles. The van der Waals surface area contributed by atoms with Gasteiger partial charge in [0.25, 0.3) is 0 Å². The maximum Gasteiger partial charge on any atom is 0.513 e. The molecular weight excluding hydrogens is 340 g/mol. The first-order chi connectivity index (χ1) is 12.4. The van der Waals surface area contributed by atoms with Gasteiger partial charge in [-0.15, -0.1) is 0 Å². The summed E-state index contributed by atoms with van der Waals surface area (Å²) in [5.74, 6) is -1.04. The van der Waals surface area contributed by atoms with E-state index >= 15 is 0 Å². The van der Waals surface area contributed by atoms with Crippen LogP contribution in [0.4, 0.5) is 4.79 Å². The first kappa shape index (κ1) is 17.2. The van der Waals surface area contributed by atoms with Gasteiger partial charge in [0.05, 0.1) is 25.3 Å². The minimum atomic E-state index is -0.874. The van der Waals surface area contributed by atoms with Crippen molar-refractivity contribution in [3.8, 4) is 5.75 Å². The van der Waals surface area contributed by atoms with Crippen LogP contribution in [0, 0.1) is 0 Å². The van der Waals surface area contributed by atoms with Gasteiger partial charge in [-0.2, -0.15) is 0 Å². The molecule has 1 N–H and O–H groups in total. The predicted octanol–water partition coefficient (Wildman–Crippen LogP) is 3.00. The van der Waals surface area contributed by atoms with Crippen LogP contribution >= 0.6 is 0 Å². The third-order valence-electron chi connectivity index (χ3n) is 3.87. The molecule has 0 aliphatic heterocycles. The van der Waals surface area contributed by atoms with Crippen molar-refractivity contribution in [2.45, 2.75) is 0 Å². The second-order valence-electron chi connectivity index (χ2n) is 5.42. The van der Waals surface area contributed by atoms with Crippen molar-refractivity contribution in [1.82, 2.24) is 0 Å². The molecule has 0 aromatic heterocycles. The largest absolute Gasteiger partial charge is 0.513 e. The molecule has 0 saturated heterocycles. The van der Waals surface area contributed by atoms with Gasteiger partial charge >= 0.3 is 12.1 Å². The quantitative estimate of drug-likeness (QED) is 0.665. The zero-order valence-electron chi connectivity index (χ0n) is 13.9. The van der Waals surface area contributed by atoms with Gasteiger partial charge in [0.1, 0.15) is 11.5 Å². The molecule has 1 aliphatic rings. The third kappa shape index (κ3) is 3.02. The first-order valence-corrected chi connectivity index (χ1v) is 7.52. The Bertz CT molecular complexity index is 956. The first-order valence-electron chi connectivity index (χ1n) is 7.52. The summed E-state index contributed by atoms with van der Waals surface area (Å²) in [4.78, 5) is 35.4. The highest BCUT2D eigenvalue weighted by molar-refractivity contribution is 6.13. The summed E-state index contributed by atoms with van der Waals surface area (Å²) in [5, 5.41) is 10.2. The van der Waals surface area contributed by atoms with Crippen LogP contribution in [0.3, 0.4) is 0 Å². The molecule has 0 radical (unpaired) electrons. The number of carbonyl (C=O) groups excluding carboxylic acids is 3. The van der Waals surface area contributed by atoms with Crippen molar-refractivity contribution in [1.29, 1.82) is 0 Å². The van der Waals surface area contributed by atoms with Gasteiger partial charge in [-0.05, 0) is 35.9 Å². The smallest absolute Gasteiger partial charge is 0.507 e. The Kier molecular flexibility index (Phi) is 4.45. The predicted molar refractivity (Wildman–Crippen MR) is 90.7 cm³/mol. The van der Waals surface area contributed by atoms with E-state index in [4.69, 9.17) is 4.74 Å². The molecule has 132 valence electrons. The number of ketones is 1. The Morgan fingerprint density at radius 1 is 0.962 bits per heavy atom. The standard InChI is InChI=1S/C19H14O7/c1-24-18(22)11-5-3-4-10(6-11)17(21)14-7-12-8-16(26-19(23)25-2)13(12)9-15(14)20/h3-9,20H,1-2H3. The van der Waals surface area contributed by atoms with E-state index in [1.807, 2.05) is 0 Å². The Morgan fingerprint density at radius 3 is 2.38 bits per heavy atom. The lowest BCUT2D eigenvalue weighted by atomic mass is 9.90. The van der Waals surface area contributed by atoms with Crippen LogP contribution in [-0.4, -0.2) is 37.2 Å². The second-order valence-corrected chi connectivity index (χ2v) is 5.42. The van der Waals surface area contributed by atoms with Crippen molar-refractivity contribution in [2.24, 2.45) is 0 Å². The number of aromatic hydroxyl groups is 1. The van der Waals surface area contributed by atoms with E-state index in [9.17, 15) is 19.5 Å². The van der Waals surface area contributed by atoms with Crippen molar-refractivity contribution in [2.75, 3.05) is 14.2 Å². The molecule has 0 heterocycles. The molecule has 1 aliphatic carbocycles. The number of fused-ring (bicyclic) bond motifs is 1. The van der Waals surface area contributed by atoms with E-state index in [0.717, 1.165) is 0 Å². The van der Waals surface area contributed by atoms with Crippen molar-refractivity contribution < 1.29 is 33.7 Å². The van der Waals surface area contributed by atoms with Gasteiger partial charge in [0, 0.05) is 11.1 Å². The molecule has 3 rings (SSSR count). The van der Waals surface area contributed by atoms with Crippen molar-refractivity contribution in [3.05, 3.63) is 64.2 Å². The van der Waals surface area contributed by atoms with Crippen LogP contribution in [0.2, 0.25) is 0 Å². The van der Waals surface area contributed by atoms with E-state index in [-0.39, 0.29) is 28.2 Å². The van der Waals surface area contributed by atoms with E-state index in [0.29, 0.717) is 11.1 Å². The van der Waals surface area contributed by atoms with Crippen LogP contribution in [0.25, 0.3) is 11.8 Å². The number of ether oxygens (including phenoxy) is 3. The Hall–Kier alpha value is -3.61. The fraction of sp³-hybridized carbons (Fsp3) is 0.105. The zero-order chi connectivity index (χ0) is 18.8. The molecular formula is C19H14O7. The lowest BCUT2D eigenvalue weighted by molar-refractivity contribution is 0.0600. The molecule has 0 fully saturated rings. The number of esters is 1. The Morgan fingerprint density at radius 2 is 1.69 bits per heavy atom. The Balaban J connectivity index is 1.89. The van der Waals surface area contributed by atoms with Gasteiger partial charge in [0.15, 0.2) is 5.78 Å². The summed E-state index contributed by atoms with van der Waals surface area (Å²) in [6.07, 6.45) is 0.675. The van der Waals surface area contributed by atoms with Crippen molar-refractivity contribution >= 4 is 29.7 Å². The average molecular weight is 354 g/mol. The molecule has 0 unspecified atom stereocenters. The Labute approximate surface area is 148 Å². The highest BCUT2D eigenvalue weighted by Gasteiger charge is 2.25. The number of benzene rings is 2. The molecule has 26 heavy (non-hydrogen) atoms. The van der Waals surface area contributed by atoms with Gasteiger partial charge in [-0.3, -0.25) is 4.79 Å². The molecule has 2 aromatic rings. The summed E-state index contributed by atoms with van der Waals surface area (Å²) >= 11 is 0. The highest BCUT2D eigenvalue weighted by atomic mass is 16.7. The van der Waals surface area contributed by atoms with Gasteiger partial charge in [-0.25, -0.2) is 9.59 Å². The van der Waals surface area contributed by atoms with Crippen molar-refractivity contribution in [3.63, 3.8) is 0 Å². The maximum absolute atomic E-state index is 12.7. The van der Waals surface area contributed by atoms with Crippen LogP contribution in [0.5, 0.6) is 5.75 Å². The summed E-state index contributed by atoms with van der Waals surface area (Å²) in [5.41, 5.74) is 1.66. The number of phenolic OH excluding ortho intramolecular Hbond substituents is 1. The van der Waals surface area contributed by atoms with E-state index < -0.39 is 17.9 Å².